The third kappa shape index (κ3) is 4.11. The van der Waals surface area contributed by atoms with Crippen molar-refractivity contribution in [3.63, 3.8) is 0 Å². The van der Waals surface area contributed by atoms with Crippen LogP contribution in [0.2, 0.25) is 0 Å². The first-order valence-corrected chi connectivity index (χ1v) is 5.65. The van der Waals surface area contributed by atoms with Gasteiger partial charge in [-0.2, -0.15) is 0 Å². The van der Waals surface area contributed by atoms with Crippen LogP contribution in [0.4, 0.5) is 0 Å². The molecule has 1 amide bonds. The molecule has 0 aromatic carbocycles. The van der Waals surface area contributed by atoms with Crippen LogP contribution in [-0.2, 0) is 27.8 Å². The average molecular weight is 255 g/mol. The van der Waals surface area contributed by atoms with Gasteiger partial charge >= 0.3 is 5.97 Å². The third-order valence-electron chi connectivity index (χ3n) is 2.40. The van der Waals surface area contributed by atoms with E-state index >= 15 is 0 Å². The van der Waals surface area contributed by atoms with Crippen LogP contribution in [0.3, 0.4) is 0 Å². The van der Waals surface area contributed by atoms with Gasteiger partial charge in [0, 0.05) is 20.6 Å². The number of hydrogen-bond acceptors (Lipinski definition) is 6. The molecule has 0 aliphatic carbocycles. The van der Waals surface area contributed by atoms with Gasteiger partial charge < -0.3 is 9.64 Å². The molecule has 0 spiro atoms. The van der Waals surface area contributed by atoms with Gasteiger partial charge in [-0.15, -0.1) is 5.10 Å². The van der Waals surface area contributed by atoms with E-state index in [1.165, 1.54) is 9.58 Å². The molecule has 0 radical (unpaired) electrons. The van der Waals surface area contributed by atoms with Gasteiger partial charge in [-0.3, -0.25) is 9.59 Å². The first-order valence-electron chi connectivity index (χ1n) is 5.65. The monoisotopic (exact) mass is 255 g/mol. The molecule has 1 rings (SSSR count). The summed E-state index contributed by atoms with van der Waals surface area (Å²) in [5.41, 5.74) is 0. The van der Waals surface area contributed by atoms with Gasteiger partial charge in [0.25, 0.3) is 0 Å². The normalized spacial score (nSPS) is 10.2. The lowest BCUT2D eigenvalue weighted by Gasteiger charge is -2.15. The van der Waals surface area contributed by atoms with Gasteiger partial charge in [-0.25, -0.2) is 4.68 Å². The maximum atomic E-state index is 11.8. The Labute approximate surface area is 105 Å². The summed E-state index contributed by atoms with van der Waals surface area (Å²) >= 11 is 0. The highest BCUT2D eigenvalue weighted by Crippen LogP contribution is 1.98. The number of likely N-dealkylation sites (N-methyl/N-ethyl adjacent to an activating group) is 1. The van der Waals surface area contributed by atoms with Crippen LogP contribution in [0.5, 0.6) is 0 Å². The number of ether oxygens (including phenoxy) is 1. The molecule has 1 heterocycles. The Morgan fingerprint density at radius 1 is 1.44 bits per heavy atom. The van der Waals surface area contributed by atoms with Crippen LogP contribution >= 0.6 is 0 Å². The number of esters is 1. The molecule has 1 aromatic rings. The van der Waals surface area contributed by atoms with Crippen molar-refractivity contribution in [3.05, 3.63) is 5.82 Å². The molecule has 18 heavy (non-hydrogen) atoms. The zero-order valence-electron chi connectivity index (χ0n) is 10.8. The van der Waals surface area contributed by atoms with Gasteiger partial charge in [0.1, 0.15) is 0 Å². The number of carbonyl (C=O) groups is 2. The quantitative estimate of drug-likeness (QED) is 0.616. The second-order valence-electron chi connectivity index (χ2n) is 3.77. The van der Waals surface area contributed by atoms with Crippen LogP contribution in [0.1, 0.15) is 19.2 Å². The molecule has 0 unspecified atom stereocenters. The Balaban J connectivity index is 2.38. The van der Waals surface area contributed by atoms with E-state index in [2.05, 4.69) is 15.5 Å². The zero-order chi connectivity index (χ0) is 13.5. The van der Waals surface area contributed by atoms with E-state index in [-0.39, 0.29) is 24.7 Å². The number of rotatable bonds is 6. The Hall–Kier alpha value is -1.99. The van der Waals surface area contributed by atoms with Crippen molar-refractivity contribution in [2.24, 2.45) is 7.05 Å². The molecule has 0 atom stereocenters. The van der Waals surface area contributed by atoms with E-state index in [0.29, 0.717) is 19.0 Å². The number of hydrogen-bond donors (Lipinski definition) is 0. The third-order valence-corrected chi connectivity index (χ3v) is 2.40. The fraction of sp³-hybridized carbons (Fsp3) is 0.700. The standard InChI is InChI=1S/C10H17N5O3/c1-4-18-10(17)5-6-14(2)9(16)7-8-11-12-13-15(8)3/h4-7H2,1-3H3. The van der Waals surface area contributed by atoms with Crippen molar-refractivity contribution in [3.8, 4) is 0 Å². The minimum Gasteiger partial charge on any atom is -0.466 e. The lowest BCUT2D eigenvalue weighted by molar-refractivity contribution is -0.143. The predicted octanol–water partition coefficient (Wildman–Crippen LogP) is -0.836. The minimum absolute atomic E-state index is 0.114. The van der Waals surface area contributed by atoms with Gasteiger partial charge in [-0.1, -0.05) is 0 Å². The summed E-state index contributed by atoms with van der Waals surface area (Å²) in [4.78, 5) is 24.4. The van der Waals surface area contributed by atoms with Crippen LogP contribution in [-0.4, -0.2) is 57.2 Å². The van der Waals surface area contributed by atoms with E-state index in [0.717, 1.165) is 0 Å². The highest BCUT2D eigenvalue weighted by Gasteiger charge is 2.14. The predicted molar refractivity (Wildman–Crippen MR) is 61.4 cm³/mol. The lowest BCUT2D eigenvalue weighted by Crippen LogP contribution is -2.31. The summed E-state index contributed by atoms with van der Waals surface area (Å²) < 4.78 is 6.23. The second-order valence-corrected chi connectivity index (χ2v) is 3.77. The second kappa shape index (κ2) is 6.67. The van der Waals surface area contributed by atoms with Gasteiger partial charge in [0.2, 0.25) is 5.91 Å². The number of amides is 1. The molecule has 0 N–H and O–H groups in total. The van der Waals surface area contributed by atoms with Crippen LogP contribution in [0, 0.1) is 0 Å². The summed E-state index contributed by atoms with van der Waals surface area (Å²) in [6, 6.07) is 0. The summed E-state index contributed by atoms with van der Waals surface area (Å²) in [7, 11) is 3.30. The van der Waals surface area contributed by atoms with Crippen molar-refractivity contribution in [2.75, 3.05) is 20.2 Å². The summed E-state index contributed by atoms with van der Waals surface area (Å²) in [5.74, 6) is 0.0395. The van der Waals surface area contributed by atoms with Crippen molar-refractivity contribution < 1.29 is 14.3 Å². The molecular formula is C10H17N5O3. The summed E-state index contributed by atoms with van der Waals surface area (Å²) in [5, 5.41) is 10.8. The van der Waals surface area contributed by atoms with Gasteiger partial charge in [-0.05, 0) is 17.4 Å². The molecule has 100 valence electrons. The van der Waals surface area contributed by atoms with Crippen molar-refractivity contribution in [1.82, 2.24) is 25.1 Å². The minimum atomic E-state index is -0.308. The van der Waals surface area contributed by atoms with Crippen molar-refractivity contribution in [2.45, 2.75) is 19.8 Å². The van der Waals surface area contributed by atoms with E-state index in [4.69, 9.17) is 4.74 Å². The smallest absolute Gasteiger partial charge is 0.307 e. The van der Waals surface area contributed by atoms with Gasteiger partial charge in [0.15, 0.2) is 5.82 Å². The molecule has 0 fully saturated rings. The van der Waals surface area contributed by atoms with Crippen LogP contribution in [0.15, 0.2) is 0 Å². The fourth-order valence-corrected chi connectivity index (χ4v) is 1.28. The highest BCUT2D eigenvalue weighted by molar-refractivity contribution is 5.78. The number of aryl methyl sites for hydroxylation is 1. The maximum Gasteiger partial charge on any atom is 0.307 e. The SMILES string of the molecule is CCOC(=O)CCN(C)C(=O)Cc1nnnn1C. The number of carbonyl (C=O) groups excluding carboxylic acids is 2. The number of tetrazole rings is 1. The van der Waals surface area contributed by atoms with Crippen LogP contribution in [0.25, 0.3) is 0 Å². The molecule has 0 saturated heterocycles. The summed E-state index contributed by atoms with van der Waals surface area (Å²) in [6.45, 7) is 2.41. The molecule has 8 nitrogen and oxygen atoms in total. The topological polar surface area (TPSA) is 90.2 Å². The molecular weight excluding hydrogens is 238 g/mol. The summed E-state index contributed by atoms with van der Waals surface area (Å²) in [6.07, 6.45) is 0.302. The van der Waals surface area contributed by atoms with E-state index in [9.17, 15) is 9.59 Å². The van der Waals surface area contributed by atoms with E-state index in [1.54, 1.807) is 21.0 Å². The maximum absolute atomic E-state index is 11.8. The fourth-order valence-electron chi connectivity index (χ4n) is 1.28. The highest BCUT2D eigenvalue weighted by atomic mass is 16.5. The molecule has 0 saturated carbocycles. The first-order chi connectivity index (χ1) is 8.54. The number of nitrogens with zero attached hydrogens (tertiary/aromatic N) is 5. The zero-order valence-corrected chi connectivity index (χ0v) is 10.8. The molecule has 0 aliphatic heterocycles. The van der Waals surface area contributed by atoms with E-state index in [1.807, 2.05) is 0 Å². The molecule has 8 heteroatoms. The largest absolute Gasteiger partial charge is 0.466 e. The van der Waals surface area contributed by atoms with Crippen LogP contribution < -0.4 is 0 Å². The van der Waals surface area contributed by atoms with Gasteiger partial charge in [0.05, 0.1) is 19.4 Å². The molecule has 0 aliphatic rings. The Kier molecular flexibility index (Phi) is 5.22. The lowest BCUT2D eigenvalue weighted by atomic mass is 10.3. The Morgan fingerprint density at radius 2 is 2.17 bits per heavy atom. The van der Waals surface area contributed by atoms with Crippen molar-refractivity contribution >= 4 is 11.9 Å². The van der Waals surface area contributed by atoms with E-state index < -0.39 is 0 Å². The molecule has 0 bridgehead atoms. The first kappa shape index (κ1) is 14.1. The number of aromatic nitrogens is 4. The molecule has 1 aromatic heterocycles. The Morgan fingerprint density at radius 3 is 2.72 bits per heavy atom. The van der Waals surface area contributed by atoms with Crippen molar-refractivity contribution in [1.29, 1.82) is 0 Å². The average Bonchev–Trinajstić information content (AvgIpc) is 2.72. The Bertz CT molecular complexity index is 417.